The average Bonchev–Trinajstić information content (AvgIpc) is 2.46. The van der Waals surface area contributed by atoms with Crippen LogP contribution in [0.15, 0.2) is 24.3 Å². The minimum atomic E-state index is -0.860. The molecule has 0 aromatic heterocycles. The number of methoxy groups -OCH3 is 1. The van der Waals surface area contributed by atoms with Crippen molar-refractivity contribution in [2.75, 3.05) is 32.1 Å². The molecule has 0 aliphatic heterocycles. The van der Waals surface area contributed by atoms with Gasteiger partial charge in [0, 0.05) is 18.3 Å². The van der Waals surface area contributed by atoms with Crippen LogP contribution in [0.5, 0.6) is 5.75 Å². The van der Waals surface area contributed by atoms with Crippen LogP contribution in [0.1, 0.15) is 13.8 Å². The van der Waals surface area contributed by atoms with E-state index < -0.39 is 11.9 Å². The Morgan fingerprint density at radius 2 is 2.14 bits per heavy atom. The van der Waals surface area contributed by atoms with E-state index in [1.807, 2.05) is 6.92 Å². The van der Waals surface area contributed by atoms with E-state index in [1.54, 1.807) is 43.2 Å². The summed E-state index contributed by atoms with van der Waals surface area (Å²) in [7, 11) is 1.56. The van der Waals surface area contributed by atoms with Gasteiger partial charge < -0.3 is 15.2 Å². The zero-order valence-electron chi connectivity index (χ0n) is 12.6. The molecule has 1 rings (SSSR count). The summed E-state index contributed by atoms with van der Waals surface area (Å²) >= 11 is 0. The molecule has 21 heavy (non-hydrogen) atoms. The maximum Gasteiger partial charge on any atom is 0.307 e. The summed E-state index contributed by atoms with van der Waals surface area (Å²) in [6.45, 7) is 4.64. The number of hydrogen-bond donors (Lipinski definition) is 2. The number of aliphatic carboxylic acids is 1. The lowest BCUT2D eigenvalue weighted by atomic mass is 10.1. The molecule has 1 amide bonds. The predicted molar refractivity (Wildman–Crippen MR) is 80.5 cm³/mol. The number of carboxylic acid groups (broad SMARTS) is 1. The van der Waals surface area contributed by atoms with Crippen LogP contribution in [-0.2, 0) is 9.59 Å². The molecule has 6 nitrogen and oxygen atoms in total. The van der Waals surface area contributed by atoms with E-state index in [1.165, 1.54) is 0 Å². The van der Waals surface area contributed by atoms with Gasteiger partial charge in [-0.15, -0.1) is 0 Å². The van der Waals surface area contributed by atoms with Gasteiger partial charge >= 0.3 is 5.97 Å². The molecular formula is C15H22N2O4. The highest BCUT2D eigenvalue weighted by molar-refractivity contribution is 5.92. The zero-order chi connectivity index (χ0) is 15.8. The van der Waals surface area contributed by atoms with Crippen LogP contribution < -0.4 is 10.1 Å². The van der Waals surface area contributed by atoms with Crippen molar-refractivity contribution >= 4 is 17.6 Å². The number of rotatable bonds is 8. The van der Waals surface area contributed by atoms with Crippen molar-refractivity contribution in [1.29, 1.82) is 0 Å². The monoisotopic (exact) mass is 294 g/mol. The molecule has 0 aliphatic rings. The number of carbonyl (C=O) groups excluding carboxylic acids is 1. The van der Waals surface area contributed by atoms with E-state index in [0.29, 0.717) is 24.5 Å². The Morgan fingerprint density at radius 1 is 1.43 bits per heavy atom. The van der Waals surface area contributed by atoms with E-state index in [4.69, 9.17) is 9.84 Å². The summed E-state index contributed by atoms with van der Waals surface area (Å²) in [5.41, 5.74) is 0.654. The lowest BCUT2D eigenvalue weighted by Gasteiger charge is -2.21. The number of anilines is 1. The maximum atomic E-state index is 12.0. The molecule has 2 N–H and O–H groups in total. The molecule has 116 valence electrons. The molecule has 0 aliphatic carbocycles. The molecule has 1 aromatic rings. The van der Waals surface area contributed by atoms with Gasteiger partial charge in [-0.05, 0) is 18.7 Å². The van der Waals surface area contributed by atoms with Gasteiger partial charge in [-0.2, -0.15) is 0 Å². The highest BCUT2D eigenvalue weighted by Crippen LogP contribution is 2.16. The lowest BCUT2D eigenvalue weighted by molar-refractivity contribution is -0.142. The van der Waals surface area contributed by atoms with Crippen LogP contribution in [0.3, 0.4) is 0 Å². The van der Waals surface area contributed by atoms with Crippen molar-refractivity contribution in [1.82, 2.24) is 4.90 Å². The topological polar surface area (TPSA) is 78.9 Å². The number of likely N-dealkylation sites (N-methyl/N-ethyl adjacent to an activating group) is 1. The number of benzene rings is 1. The Morgan fingerprint density at radius 3 is 2.71 bits per heavy atom. The molecular weight excluding hydrogens is 272 g/mol. The Kier molecular flexibility index (Phi) is 6.68. The largest absolute Gasteiger partial charge is 0.497 e. The molecule has 6 heteroatoms. The van der Waals surface area contributed by atoms with Gasteiger partial charge in [-0.25, -0.2) is 0 Å². The van der Waals surface area contributed by atoms with Gasteiger partial charge in [-0.3, -0.25) is 14.5 Å². The number of amides is 1. The van der Waals surface area contributed by atoms with Crippen LogP contribution in [0.4, 0.5) is 5.69 Å². The first-order valence-electron chi connectivity index (χ1n) is 6.85. The first kappa shape index (κ1) is 17.0. The molecule has 1 atom stereocenters. The van der Waals surface area contributed by atoms with Crippen molar-refractivity contribution in [3.8, 4) is 5.75 Å². The van der Waals surface area contributed by atoms with Gasteiger partial charge in [-0.1, -0.05) is 19.9 Å². The second kappa shape index (κ2) is 8.26. The fourth-order valence-corrected chi connectivity index (χ4v) is 1.88. The number of ether oxygens (including phenoxy) is 1. The predicted octanol–water partition coefficient (Wildman–Crippen LogP) is 1.68. The van der Waals surface area contributed by atoms with Crippen molar-refractivity contribution in [2.24, 2.45) is 5.92 Å². The second-order valence-electron chi connectivity index (χ2n) is 4.85. The van der Waals surface area contributed by atoms with Crippen LogP contribution >= 0.6 is 0 Å². The SMILES string of the molecule is CCN(CC(=O)Nc1cccc(OC)c1)CC(C)C(=O)O. The van der Waals surface area contributed by atoms with Gasteiger partial charge in [0.05, 0.1) is 19.6 Å². The van der Waals surface area contributed by atoms with Crippen molar-refractivity contribution in [2.45, 2.75) is 13.8 Å². The van der Waals surface area contributed by atoms with Crippen LogP contribution in [0, 0.1) is 5.92 Å². The molecule has 0 saturated carbocycles. The fraction of sp³-hybridized carbons (Fsp3) is 0.467. The maximum absolute atomic E-state index is 12.0. The quantitative estimate of drug-likeness (QED) is 0.762. The normalized spacial score (nSPS) is 12.0. The third-order valence-electron chi connectivity index (χ3n) is 3.12. The number of hydrogen-bond acceptors (Lipinski definition) is 4. The van der Waals surface area contributed by atoms with Crippen LogP contribution in [-0.4, -0.2) is 48.6 Å². The van der Waals surface area contributed by atoms with E-state index in [2.05, 4.69) is 5.32 Å². The van der Waals surface area contributed by atoms with Gasteiger partial charge in [0.25, 0.3) is 0 Å². The van der Waals surface area contributed by atoms with Gasteiger partial charge in [0.15, 0.2) is 0 Å². The smallest absolute Gasteiger partial charge is 0.307 e. The Labute approximate surface area is 124 Å². The summed E-state index contributed by atoms with van der Waals surface area (Å²) in [4.78, 5) is 24.6. The van der Waals surface area contributed by atoms with Crippen molar-refractivity contribution < 1.29 is 19.4 Å². The van der Waals surface area contributed by atoms with Gasteiger partial charge in [0.1, 0.15) is 5.75 Å². The first-order valence-corrected chi connectivity index (χ1v) is 6.85. The molecule has 0 bridgehead atoms. The van der Waals surface area contributed by atoms with E-state index in [0.717, 1.165) is 0 Å². The van der Waals surface area contributed by atoms with Gasteiger partial charge in [0.2, 0.25) is 5.91 Å². The van der Waals surface area contributed by atoms with Crippen molar-refractivity contribution in [3.05, 3.63) is 24.3 Å². The number of carboxylic acids is 1. The minimum absolute atomic E-state index is 0.158. The minimum Gasteiger partial charge on any atom is -0.497 e. The summed E-state index contributed by atoms with van der Waals surface area (Å²) in [6, 6.07) is 7.09. The number of carbonyl (C=O) groups is 2. The molecule has 0 fully saturated rings. The lowest BCUT2D eigenvalue weighted by Crippen LogP contribution is -2.37. The Balaban J connectivity index is 2.56. The summed E-state index contributed by atoms with van der Waals surface area (Å²) in [5.74, 6) is -0.876. The van der Waals surface area contributed by atoms with Crippen molar-refractivity contribution in [3.63, 3.8) is 0 Å². The number of nitrogens with one attached hydrogen (secondary N) is 1. The van der Waals surface area contributed by atoms with Crippen LogP contribution in [0.25, 0.3) is 0 Å². The second-order valence-corrected chi connectivity index (χ2v) is 4.85. The third-order valence-corrected chi connectivity index (χ3v) is 3.12. The average molecular weight is 294 g/mol. The molecule has 0 saturated heterocycles. The standard InChI is InChI=1S/C15H22N2O4/c1-4-17(9-11(2)15(19)20)10-14(18)16-12-6-5-7-13(8-12)21-3/h5-8,11H,4,9-10H2,1-3H3,(H,16,18)(H,19,20). The van der Waals surface area contributed by atoms with E-state index >= 15 is 0 Å². The summed E-state index contributed by atoms with van der Waals surface area (Å²) < 4.78 is 5.09. The Hall–Kier alpha value is -2.08. The first-order chi connectivity index (χ1) is 9.96. The molecule has 1 aromatic carbocycles. The molecule has 0 spiro atoms. The molecule has 1 unspecified atom stereocenters. The highest BCUT2D eigenvalue weighted by Gasteiger charge is 2.17. The van der Waals surface area contributed by atoms with Crippen LogP contribution in [0.2, 0.25) is 0 Å². The fourth-order valence-electron chi connectivity index (χ4n) is 1.88. The summed E-state index contributed by atoms with van der Waals surface area (Å²) in [5, 5.41) is 11.7. The Bertz CT molecular complexity index is 490. The third kappa shape index (κ3) is 5.83. The highest BCUT2D eigenvalue weighted by atomic mass is 16.5. The molecule has 0 radical (unpaired) electrons. The zero-order valence-corrected chi connectivity index (χ0v) is 12.6. The van der Waals surface area contributed by atoms with E-state index in [-0.39, 0.29) is 12.5 Å². The van der Waals surface area contributed by atoms with E-state index in [9.17, 15) is 9.59 Å². The summed E-state index contributed by atoms with van der Waals surface area (Å²) in [6.07, 6.45) is 0. The molecule has 0 heterocycles. The number of nitrogens with zero attached hydrogens (tertiary/aromatic N) is 1.